The number of aliphatic hydroxyl groups is 1. The molecule has 0 aromatic carbocycles. The average molecular weight is 252 g/mol. The van der Waals surface area contributed by atoms with Crippen LogP contribution in [0.5, 0.6) is 0 Å². The highest BCUT2D eigenvalue weighted by Crippen LogP contribution is 2.07. The van der Waals surface area contributed by atoms with Gasteiger partial charge in [0.25, 0.3) is 0 Å². The normalized spacial score (nSPS) is 23.2. The monoisotopic (exact) mass is 252 g/mol. The lowest BCUT2D eigenvalue weighted by Gasteiger charge is -2.10. The van der Waals surface area contributed by atoms with Crippen LogP contribution in [0.4, 0.5) is 0 Å². The molecular weight excluding hydrogens is 232 g/mol. The van der Waals surface area contributed by atoms with Gasteiger partial charge in [-0.05, 0) is 31.7 Å². The van der Waals surface area contributed by atoms with Gasteiger partial charge in [0, 0.05) is 18.8 Å². The minimum absolute atomic E-state index is 0.0181. The number of aromatic amines is 1. The Morgan fingerprint density at radius 2 is 2.50 bits per heavy atom. The molecule has 0 bridgehead atoms. The number of carbonyl (C=O) groups excluding carboxylic acids is 1. The minimum atomic E-state index is -0.394. The van der Waals surface area contributed by atoms with Crippen molar-refractivity contribution in [2.45, 2.75) is 38.3 Å². The predicted molar refractivity (Wildman–Crippen MR) is 67.1 cm³/mol. The van der Waals surface area contributed by atoms with E-state index in [9.17, 15) is 9.90 Å². The Morgan fingerprint density at radius 1 is 1.67 bits per heavy atom. The number of hydrogen-bond donors (Lipinski definition) is 4. The average Bonchev–Trinajstić information content (AvgIpc) is 2.94. The third-order valence-electron chi connectivity index (χ3n) is 3.28. The molecule has 18 heavy (non-hydrogen) atoms. The number of nitrogens with one attached hydrogen (secondary N) is 3. The van der Waals surface area contributed by atoms with Crippen LogP contribution < -0.4 is 10.6 Å². The topological polar surface area (TPSA) is 90.0 Å². The molecule has 2 heterocycles. The van der Waals surface area contributed by atoms with Crippen molar-refractivity contribution in [1.29, 1.82) is 0 Å². The van der Waals surface area contributed by atoms with Crippen molar-refractivity contribution in [2.24, 2.45) is 0 Å². The Labute approximate surface area is 106 Å². The fraction of sp³-hybridized carbons (Fsp3) is 0.667. The SMILES string of the molecule is Cc1[nH]ncc1CCCNC(=O)C1CC(O)CN1. The Kier molecular flexibility index (Phi) is 4.33. The van der Waals surface area contributed by atoms with E-state index >= 15 is 0 Å². The lowest BCUT2D eigenvalue weighted by Crippen LogP contribution is -2.40. The van der Waals surface area contributed by atoms with Gasteiger partial charge in [-0.1, -0.05) is 0 Å². The summed E-state index contributed by atoms with van der Waals surface area (Å²) in [6, 6.07) is -0.240. The Bertz CT molecular complexity index is 405. The smallest absolute Gasteiger partial charge is 0.237 e. The molecule has 1 aromatic rings. The van der Waals surface area contributed by atoms with Crippen LogP contribution in [-0.4, -0.2) is 46.4 Å². The highest BCUT2D eigenvalue weighted by molar-refractivity contribution is 5.82. The first-order valence-electron chi connectivity index (χ1n) is 6.35. The second-order valence-electron chi connectivity index (χ2n) is 4.77. The lowest BCUT2D eigenvalue weighted by atomic mass is 10.1. The molecule has 1 aliphatic heterocycles. The summed E-state index contributed by atoms with van der Waals surface area (Å²) in [5, 5.41) is 22.0. The van der Waals surface area contributed by atoms with Gasteiger partial charge in [-0.15, -0.1) is 0 Å². The number of H-pyrrole nitrogens is 1. The van der Waals surface area contributed by atoms with E-state index in [0.717, 1.165) is 18.5 Å². The fourth-order valence-electron chi connectivity index (χ4n) is 2.16. The van der Waals surface area contributed by atoms with E-state index in [4.69, 9.17) is 0 Å². The quantitative estimate of drug-likeness (QED) is 0.531. The van der Waals surface area contributed by atoms with E-state index < -0.39 is 6.10 Å². The molecule has 0 spiro atoms. The maximum absolute atomic E-state index is 11.7. The second kappa shape index (κ2) is 5.97. The largest absolute Gasteiger partial charge is 0.392 e. The molecule has 0 radical (unpaired) electrons. The van der Waals surface area contributed by atoms with Crippen LogP contribution in [-0.2, 0) is 11.2 Å². The zero-order chi connectivity index (χ0) is 13.0. The van der Waals surface area contributed by atoms with E-state index in [1.165, 1.54) is 5.56 Å². The molecule has 0 aliphatic carbocycles. The molecule has 4 N–H and O–H groups in total. The molecule has 1 saturated heterocycles. The number of aromatic nitrogens is 2. The van der Waals surface area contributed by atoms with E-state index in [1.54, 1.807) is 0 Å². The fourth-order valence-corrected chi connectivity index (χ4v) is 2.16. The van der Waals surface area contributed by atoms with Gasteiger partial charge in [0.15, 0.2) is 0 Å². The van der Waals surface area contributed by atoms with E-state index in [1.807, 2.05) is 13.1 Å². The lowest BCUT2D eigenvalue weighted by molar-refractivity contribution is -0.122. The van der Waals surface area contributed by atoms with E-state index in [-0.39, 0.29) is 11.9 Å². The van der Waals surface area contributed by atoms with Gasteiger partial charge < -0.3 is 15.7 Å². The Balaban J connectivity index is 1.64. The van der Waals surface area contributed by atoms with Crippen LogP contribution >= 0.6 is 0 Å². The highest BCUT2D eigenvalue weighted by Gasteiger charge is 2.27. The number of carbonyl (C=O) groups is 1. The standard InChI is InChI=1S/C12H20N4O2/c1-8-9(6-15-16-8)3-2-4-13-12(18)11-5-10(17)7-14-11/h6,10-11,14,17H,2-5,7H2,1H3,(H,13,18)(H,15,16). The number of amides is 1. The van der Waals surface area contributed by atoms with Crippen LogP contribution in [0, 0.1) is 6.92 Å². The van der Waals surface area contributed by atoms with Gasteiger partial charge >= 0.3 is 0 Å². The molecular formula is C12H20N4O2. The summed E-state index contributed by atoms with van der Waals surface area (Å²) < 4.78 is 0. The van der Waals surface area contributed by atoms with Crippen molar-refractivity contribution in [2.75, 3.05) is 13.1 Å². The van der Waals surface area contributed by atoms with Gasteiger partial charge in [-0.2, -0.15) is 5.10 Å². The molecule has 1 fully saturated rings. The number of β-amino-alcohol motifs (C(OH)–C–C–N with tert-alkyl or cyclic N) is 1. The number of aryl methyl sites for hydroxylation is 2. The van der Waals surface area contributed by atoms with Crippen molar-refractivity contribution in [3.8, 4) is 0 Å². The van der Waals surface area contributed by atoms with Crippen LogP contribution in [0.2, 0.25) is 0 Å². The first-order valence-corrected chi connectivity index (χ1v) is 6.35. The molecule has 2 rings (SSSR count). The van der Waals surface area contributed by atoms with Crippen molar-refractivity contribution < 1.29 is 9.90 Å². The van der Waals surface area contributed by atoms with Crippen molar-refractivity contribution >= 4 is 5.91 Å². The summed E-state index contributed by atoms with van der Waals surface area (Å²) in [6.07, 6.45) is 3.73. The molecule has 0 saturated carbocycles. The third-order valence-corrected chi connectivity index (χ3v) is 3.28. The number of nitrogens with zero attached hydrogens (tertiary/aromatic N) is 1. The maximum Gasteiger partial charge on any atom is 0.237 e. The predicted octanol–water partition coefficient (Wildman–Crippen LogP) is -0.510. The number of hydrogen-bond acceptors (Lipinski definition) is 4. The number of rotatable bonds is 5. The van der Waals surface area contributed by atoms with E-state index in [2.05, 4.69) is 20.8 Å². The molecule has 100 valence electrons. The summed E-state index contributed by atoms with van der Waals surface area (Å²) >= 11 is 0. The minimum Gasteiger partial charge on any atom is -0.392 e. The molecule has 1 amide bonds. The zero-order valence-electron chi connectivity index (χ0n) is 10.6. The molecule has 2 atom stereocenters. The summed E-state index contributed by atoms with van der Waals surface area (Å²) in [5.74, 6) is -0.0181. The molecule has 1 aromatic heterocycles. The van der Waals surface area contributed by atoms with E-state index in [0.29, 0.717) is 19.5 Å². The van der Waals surface area contributed by atoms with Crippen LogP contribution in [0.1, 0.15) is 24.1 Å². The van der Waals surface area contributed by atoms with Gasteiger partial charge in [-0.3, -0.25) is 9.89 Å². The van der Waals surface area contributed by atoms with Crippen LogP contribution in [0.15, 0.2) is 6.20 Å². The van der Waals surface area contributed by atoms with Crippen LogP contribution in [0.3, 0.4) is 0 Å². The molecule has 6 heteroatoms. The summed E-state index contributed by atoms with van der Waals surface area (Å²) in [4.78, 5) is 11.7. The zero-order valence-corrected chi connectivity index (χ0v) is 10.6. The summed E-state index contributed by atoms with van der Waals surface area (Å²) in [6.45, 7) is 3.15. The summed E-state index contributed by atoms with van der Waals surface area (Å²) in [7, 11) is 0. The second-order valence-corrected chi connectivity index (χ2v) is 4.77. The van der Waals surface area contributed by atoms with Crippen LogP contribution in [0.25, 0.3) is 0 Å². The van der Waals surface area contributed by atoms with Gasteiger partial charge in [0.1, 0.15) is 0 Å². The molecule has 1 aliphatic rings. The van der Waals surface area contributed by atoms with Crippen molar-refractivity contribution in [1.82, 2.24) is 20.8 Å². The molecule has 6 nitrogen and oxygen atoms in total. The number of aliphatic hydroxyl groups excluding tert-OH is 1. The van der Waals surface area contributed by atoms with Gasteiger partial charge in [0.2, 0.25) is 5.91 Å². The highest BCUT2D eigenvalue weighted by atomic mass is 16.3. The Morgan fingerprint density at radius 3 is 3.11 bits per heavy atom. The Hall–Kier alpha value is -1.40. The first kappa shape index (κ1) is 13.0. The maximum atomic E-state index is 11.7. The van der Waals surface area contributed by atoms with Crippen molar-refractivity contribution in [3.63, 3.8) is 0 Å². The summed E-state index contributed by atoms with van der Waals surface area (Å²) in [5.41, 5.74) is 2.28. The molecule has 2 unspecified atom stereocenters. The first-order chi connectivity index (χ1) is 8.66. The van der Waals surface area contributed by atoms with Crippen molar-refractivity contribution in [3.05, 3.63) is 17.5 Å². The van der Waals surface area contributed by atoms with Gasteiger partial charge in [-0.25, -0.2) is 0 Å². The third kappa shape index (κ3) is 3.30. The van der Waals surface area contributed by atoms with Gasteiger partial charge in [0.05, 0.1) is 18.3 Å².